The molecule has 0 atom stereocenters. The Morgan fingerprint density at radius 2 is 1.58 bits per heavy atom. The minimum atomic E-state index is 0.873. The largest absolute Gasteiger partial charge is 0.398 e. The average Bonchev–Trinajstić information content (AvgIpc) is 2.64. The molecule has 0 aliphatic heterocycles. The van der Waals surface area contributed by atoms with Crippen molar-refractivity contribution in [3.05, 3.63) is 95.1 Å². The molecule has 1 aliphatic carbocycles. The van der Waals surface area contributed by atoms with Gasteiger partial charge in [0.2, 0.25) is 0 Å². The Morgan fingerprint density at radius 3 is 2.42 bits per heavy atom. The molecular formula is C23H21N. The van der Waals surface area contributed by atoms with Crippen molar-refractivity contribution in [1.82, 2.24) is 0 Å². The van der Waals surface area contributed by atoms with E-state index in [9.17, 15) is 0 Å². The van der Waals surface area contributed by atoms with Crippen LogP contribution in [0.5, 0.6) is 0 Å². The Bertz CT molecular complexity index is 891. The summed E-state index contributed by atoms with van der Waals surface area (Å²) >= 11 is 0. The molecule has 4 rings (SSSR count). The molecule has 0 fully saturated rings. The lowest BCUT2D eigenvalue weighted by Gasteiger charge is -2.20. The molecule has 0 aromatic heterocycles. The van der Waals surface area contributed by atoms with E-state index in [1.54, 1.807) is 0 Å². The average molecular weight is 311 g/mol. The number of nitrogens with two attached hydrogens (primary N) is 1. The number of hydrogen-bond donors (Lipinski definition) is 1. The van der Waals surface area contributed by atoms with Crippen molar-refractivity contribution in [2.45, 2.75) is 19.3 Å². The monoisotopic (exact) mass is 311 g/mol. The highest BCUT2D eigenvalue weighted by Gasteiger charge is 2.15. The molecule has 0 saturated heterocycles. The quantitative estimate of drug-likeness (QED) is 0.636. The fourth-order valence-electron chi connectivity index (χ4n) is 3.56. The summed E-state index contributed by atoms with van der Waals surface area (Å²) < 4.78 is 0. The van der Waals surface area contributed by atoms with Crippen molar-refractivity contribution in [3.8, 4) is 11.1 Å². The third kappa shape index (κ3) is 2.74. The van der Waals surface area contributed by atoms with E-state index in [4.69, 9.17) is 5.73 Å². The van der Waals surface area contributed by atoms with Gasteiger partial charge in [0.1, 0.15) is 0 Å². The molecule has 0 heterocycles. The molecular weight excluding hydrogens is 290 g/mol. The predicted molar refractivity (Wildman–Crippen MR) is 103 cm³/mol. The number of para-hydroxylation sites is 1. The standard InChI is InChI=1S/C23H21N/c24-23-13-7-4-10-19(23)16-18-14-15-21(17-8-2-1-3-9-17)22-12-6-5-11-20(18)22/h1-5,7-11,13-15H,6,12,16,24H2. The molecule has 3 aromatic rings. The van der Waals surface area contributed by atoms with Gasteiger partial charge in [-0.1, -0.05) is 72.8 Å². The number of nitrogen functional groups attached to an aromatic ring is 1. The van der Waals surface area contributed by atoms with Crippen LogP contribution in [0.3, 0.4) is 0 Å². The second-order valence-electron chi connectivity index (χ2n) is 6.35. The second-order valence-corrected chi connectivity index (χ2v) is 6.35. The molecule has 0 bridgehead atoms. The minimum Gasteiger partial charge on any atom is -0.398 e. The van der Waals surface area contributed by atoms with Crippen LogP contribution in [0.4, 0.5) is 5.69 Å². The third-order valence-corrected chi connectivity index (χ3v) is 4.81. The second kappa shape index (κ2) is 6.37. The number of benzene rings is 3. The maximum atomic E-state index is 6.15. The Morgan fingerprint density at radius 1 is 0.792 bits per heavy atom. The summed E-state index contributed by atoms with van der Waals surface area (Å²) in [7, 11) is 0. The highest BCUT2D eigenvalue weighted by Crippen LogP contribution is 2.34. The lowest BCUT2D eigenvalue weighted by Crippen LogP contribution is -2.04. The van der Waals surface area contributed by atoms with E-state index in [1.165, 1.54) is 33.4 Å². The Kier molecular flexibility index (Phi) is 3.92. The normalized spacial score (nSPS) is 12.8. The molecule has 2 N–H and O–H groups in total. The van der Waals surface area contributed by atoms with E-state index in [-0.39, 0.29) is 0 Å². The summed E-state index contributed by atoms with van der Waals surface area (Å²) in [5.74, 6) is 0. The summed E-state index contributed by atoms with van der Waals surface area (Å²) in [6.45, 7) is 0. The molecule has 0 spiro atoms. The van der Waals surface area contributed by atoms with E-state index < -0.39 is 0 Å². The topological polar surface area (TPSA) is 26.0 Å². The number of rotatable bonds is 3. The van der Waals surface area contributed by atoms with Crippen LogP contribution in [0.15, 0.2) is 72.8 Å². The van der Waals surface area contributed by atoms with Crippen LogP contribution in [0.1, 0.15) is 28.7 Å². The first-order chi connectivity index (χ1) is 11.8. The summed E-state index contributed by atoms with van der Waals surface area (Å²) in [5, 5.41) is 0. The molecule has 0 unspecified atom stereocenters. The Labute approximate surface area is 143 Å². The molecule has 1 heteroatoms. The zero-order valence-corrected chi connectivity index (χ0v) is 13.7. The van der Waals surface area contributed by atoms with Gasteiger partial charge in [0.05, 0.1) is 0 Å². The molecule has 0 amide bonds. The highest BCUT2D eigenvalue weighted by atomic mass is 14.6. The maximum absolute atomic E-state index is 6.15. The van der Waals surface area contributed by atoms with Gasteiger partial charge < -0.3 is 5.73 Å². The van der Waals surface area contributed by atoms with E-state index in [1.807, 2.05) is 12.1 Å². The van der Waals surface area contributed by atoms with E-state index in [2.05, 4.69) is 66.7 Å². The van der Waals surface area contributed by atoms with Gasteiger partial charge in [-0.05, 0) is 52.3 Å². The first kappa shape index (κ1) is 14.8. The van der Waals surface area contributed by atoms with Gasteiger partial charge >= 0.3 is 0 Å². The van der Waals surface area contributed by atoms with E-state index in [0.717, 1.165) is 24.9 Å². The zero-order valence-electron chi connectivity index (χ0n) is 13.7. The molecule has 1 aliphatic rings. The van der Waals surface area contributed by atoms with Gasteiger partial charge in [-0.15, -0.1) is 0 Å². The number of hydrogen-bond acceptors (Lipinski definition) is 1. The van der Waals surface area contributed by atoms with Crippen molar-refractivity contribution in [2.24, 2.45) is 0 Å². The summed E-state index contributed by atoms with van der Waals surface area (Å²) in [5.41, 5.74) is 15.1. The van der Waals surface area contributed by atoms with Crippen LogP contribution in [0, 0.1) is 0 Å². The van der Waals surface area contributed by atoms with Crippen molar-refractivity contribution < 1.29 is 0 Å². The molecule has 118 valence electrons. The Balaban J connectivity index is 1.81. The van der Waals surface area contributed by atoms with Gasteiger partial charge in [-0.3, -0.25) is 0 Å². The minimum absolute atomic E-state index is 0.873. The molecule has 0 saturated carbocycles. The molecule has 1 nitrogen and oxygen atoms in total. The van der Waals surface area contributed by atoms with Gasteiger partial charge in [0, 0.05) is 12.1 Å². The number of anilines is 1. The van der Waals surface area contributed by atoms with Crippen LogP contribution in [0.2, 0.25) is 0 Å². The van der Waals surface area contributed by atoms with Gasteiger partial charge in [0.15, 0.2) is 0 Å². The van der Waals surface area contributed by atoms with Crippen molar-refractivity contribution in [2.75, 3.05) is 5.73 Å². The predicted octanol–water partition coefficient (Wildman–Crippen LogP) is 5.49. The summed E-state index contributed by atoms with van der Waals surface area (Å²) in [4.78, 5) is 0. The SMILES string of the molecule is Nc1ccccc1Cc1ccc(-c2ccccc2)c2c1C=CCC2. The van der Waals surface area contributed by atoms with Gasteiger partial charge in [-0.25, -0.2) is 0 Å². The van der Waals surface area contributed by atoms with Crippen LogP contribution >= 0.6 is 0 Å². The fraction of sp³-hybridized carbons (Fsp3) is 0.130. The first-order valence-electron chi connectivity index (χ1n) is 8.53. The van der Waals surface area contributed by atoms with Crippen molar-refractivity contribution in [1.29, 1.82) is 0 Å². The summed E-state index contributed by atoms with van der Waals surface area (Å²) in [6, 6.07) is 23.4. The molecule has 3 aromatic carbocycles. The maximum Gasteiger partial charge on any atom is 0.0349 e. The first-order valence-corrected chi connectivity index (χ1v) is 8.53. The highest BCUT2D eigenvalue weighted by molar-refractivity contribution is 5.76. The van der Waals surface area contributed by atoms with E-state index in [0.29, 0.717) is 0 Å². The van der Waals surface area contributed by atoms with Gasteiger partial charge in [0.25, 0.3) is 0 Å². The third-order valence-electron chi connectivity index (χ3n) is 4.81. The summed E-state index contributed by atoms with van der Waals surface area (Å²) in [6.07, 6.45) is 7.68. The van der Waals surface area contributed by atoms with Crippen LogP contribution in [-0.2, 0) is 12.8 Å². The van der Waals surface area contributed by atoms with Crippen LogP contribution in [-0.4, -0.2) is 0 Å². The number of allylic oxidation sites excluding steroid dienone is 1. The van der Waals surface area contributed by atoms with Crippen LogP contribution < -0.4 is 5.73 Å². The lowest BCUT2D eigenvalue weighted by atomic mass is 9.85. The van der Waals surface area contributed by atoms with Crippen molar-refractivity contribution >= 4 is 11.8 Å². The van der Waals surface area contributed by atoms with Crippen molar-refractivity contribution in [3.63, 3.8) is 0 Å². The number of fused-ring (bicyclic) bond motifs is 1. The fourth-order valence-corrected chi connectivity index (χ4v) is 3.56. The zero-order chi connectivity index (χ0) is 16.4. The molecule has 0 radical (unpaired) electrons. The van der Waals surface area contributed by atoms with E-state index >= 15 is 0 Å². The Hall–Kier alpha value is -2.80. The smallest absolute Gasteiger partial charge is 0.0349 e. The van der Waals surface area contributed by atoms with Gasteiger partial charge in [-0.2, -0.15) is 0 Å². The molecule has 24 heavy (non-hydrogen) atoms. The lowest BCUT2D eigenvalue weighted by molar-refractivity contribution is 0.977. The van der Waals surface area contributed by atoms with Crippen LogP contribution in [0.25, 0.3) is 17.2 Å².